The van der Waals surface area contributed by atoms with Crippen LogP contribution in [0.25, 0.3) is 27.8 Å². The Balaban J connectivity index is 2.29. The molecule has 0 amide bonds. The first-order valence-corrected chi connectivity index (χ1v) is 10.3. The Morgan fingerprint density at radius 2 is 1.90 bits per heavy atom. The van der Waals surface area contributed by atoms with Crippen LogP contribution >= 0.6 is 0 Å². The van der Waals surface area contributed by atoms with Crippen molar-refractivity contribution >= 4 is 22.5 Å². The number of fused-ring (bicyclic) bond motifs is 1. The Morgan fingerprint density at radius 3 is 2.50 bits per heavy atom. The van der Waals surface area contributed by atoms with Crippen LogP contribution in [0.1, 0.15) is 70.1 Å². The number of hydrogen-bond donors (Lipinski definition) is 1. The Labute approximate surface area is 177 Å². The molecule has 30 heavy (non-hydrogen) atoms. The Kier molecular flexibility index (Phi) is 6.30. The predicted octanol–water partition coefficient (Wildman–Crippen LogP) is 6.63. The van der Waals surface area contributed by atoms with Crippen LogP contribution in [0.5, 0.6) is 5.75 Å². The molecule has 3 aromatic rings. The van der Waals surface area contributed by atoms with Gasteiger partial charge < -0.3 is 14.4 Å². The fourth-order valence-electron chi connectivity index (χ4n) is 3.56. The number of rotatable bonds is 7. The smallest absolute Gasteiger partial charge is 0.328 e. The van der Waals surface area contributed by atoms with Crippen molar-refractivity contribution in [3.63, 3.8) is 0 Å². The zero-order valence-electron chi connectivity index (χ0n) is 18.4. The van der Waals surface area contributed by atoms with E-state index in [1.165, 1.54) is 11.6 Å². The molecule has 0 aliphatic heterocycles. The lowest BCUT2D eigenvalue weighted by Crippen LogP contribution is -2.03. The van der Waals surface area contributed by atoms with Gasteiger partial charge in [-0.25, -0.2) is 4.79 Å². The van der Waals surface area contributed by atoms with Crippen molar-refractivity contribution in [2.75, 3.05) is 6.61 Å². The number of benzene rings is 2. The van der Waals surface area contributed by atoms with Crippen molar-refractivity contribution in [1.82, 2.24) is 5.16 Å². The lowest BCUT2D eigenvalue weighted by Gasteiger charge is -2.20. The number of carboxylic acid groups (broad SMARTS) is 1. The van der Waals surface area contributed by atoms with E-state index >= 15 is 0 Å². The second kappa shape index (κ2) is 8.74. The van der Waals surface area contributed by atoms with Crippen LogP contribution in [-0.2, 0) is 4.79 Å². The van der Waals surface area contributed by atoms with Crippen molar-refractivity contribution in [1.29, 1.82) is 0 Å². The summed E-state index contributed by atoms with van der Waals surface area (Å²) in [5.74, 6) is 0.503. The summed E-state index contributed by atoms with van der Waals surface area (Å²) in [6, 6.07) is 9.96. The van der Waals surface area contributed by atoms with Gasteiger partial charge in [0.1, 0.15) is 11.4 Å². The quantitative estimate of drug-likeness (QED) is 0.445. The van der Waals surface area contributed by atoms with Crippen molar-refractivity contribution in [3.8, 4) is 17.0 Å². The van der Waals surface area contributed by atoms with Gasteiger partial charge in [0.15, 0.2) is 5.58 Å². The summed E-state index contributed by atoms with van der Waals surface area (Å²) in [4.78, 5) is 11.1. The van der Waals surface area contributed by atoms with Gasteiger partial charge in [0.25, 0.3) is 0 Å². The average Bonchev–Trinajstić information content (AvgIpc) is 3.10. The van der Waals surface area contributed by atoms with Crippen LogP contribution in [0.2, 0.25) is 0 Å². The third kappa shape index (κ3) is 4.25. The molecule has 0 unspecified atom stereocenters. The van der Waals surface area contributed by atoms with Crippen LogP contribution < -0.4 is 4.74 Å². The molecule has 0 saturated heterocycles. The SMILES string of the molecule is CCOc1c(-c2noc3ccc(/C(C)=C\C(=O)O)cc23)cc(C(C)C)cc1C(C)C. The van der Waals surface area contributed by atoms with Crippen LogP contribution in [0.4, 0.5) is 0 Å². The summed E-state index contributed by atoms with van der Waals surface area (Å²) in [6.45, 7) is 13.0. The van der Waals surface area contributed by atoms with E-state index in [1.807, 2.05) is 25.1 Å². The highest BCUT2D eigenvalue weighted by Crippen LogP contribution is 2.42. The number of aliphatic carboxylic acids is 1. The third-order valence-corrected chi connectivity index (χ3v) is 5.24. The zero-order valence-corrected chi connectivity index (χ0v) is 18.4. The molecule has 1 aromatic heterocycles. The summed E-state index contributed by atoms with van der Waals surface area (Å²) in [7, 11) is 0. The summed E-state index contributed by atoms with van der Waals surface area (Å²) >= 11 is 0. The second-order valence-corrected chi connectivity index (χ2v) is 8.14. The zero-order chi connectivity index (χ0) is 22.0. The standard InChI is InChI=1S/C25H29NO4/c1-7-29-25-19(15(4)5)12-18(14(2)3)13-21(25)24-20-11-17(16(6)10-23(27)28)8-9-22(20)30-26-24/h8-15H,7H2,1-6H3,(H,27,28)/b16-10-. The van der Waals surface area contributed by atoms with Gasteiger partial charge in [-0.15, -0.1) is 0 Å². The number of allylic oxidation sites excluding steroid dienone is 1. The van der Waals surface area contributed by atoms with Crippen molar-refractivity contribution < 1.29 is 19.2 Å². The molecule has 1 heterocycles. The van der Waals surface area contributed by atoms with Crippen LogP contribution in [0.3, 0.4) is 0 Å². The van der Waals surface area contributed by atoms with Crippen molar-refractivity contribution in [2.24, 2.45) is 0 Å². The first-order chi connectivity index (χ1) is 14.2. The highest BCUT2D eigenvalue weighted by molar-refractivity contribution is 5.97. The number of nitrogens with zero attached hydrogens (tertiary/aromatic N) is 1. The number of ether oxygens (including phenoxy) is 1. The first-order valence-electron chi connectivity index (χ1n) is 10.3. The monoisotopic (exact) mass is 407 g/mol. The van der Waals surface area contributed by atoms with Crippen LogP contribution in [0, 0.1) is 0 Å². The lowest BCUT2D eigenvalue weighted by molar-refractivity contribution is -0.131. The molecule has 0 bridgehead atoms. The van der Waals surface area contributed by atoms with Gasteiger partial charge in [0.05, 0.1) is 12.0 Å². The molecule has 2 aromatic carbocycles. The van der Waals surface area contributed by atoms with E-state index in [1.54, 1.807) is 6.92 Å². The van der Waals surface area contributed by atoms with Gasteiger partial charge >= 0.3 is 5.97 Å². The molecular formula is C25H29NO4. The summed E-state index contributed by atoms with van der Waals surface area (Å²) < 4.78 is 11.7. The highest BCUT2D eigenvalue weighted by atomic mass is 16.5. The van der Waals surface area contributed by atoms with Gasteiger partial charge in [0, 0.05) is 11.6 Å². The average molecular weight is 408 g/mol. The minimum absolute atomic E-state index is 0.290. The minimum Gasteiger partial charge on any atom is -0.493 e. The van der Waals surface area contributed by atoms with E-state index in [0.717, 1.165) is 27.8 Å². The maximum absolute atomic E-state index is 11.1. The largest absolute Gasteiger partial charge is 0.493 e. The van der Waals surface area contributed by atoms with E-state index in [2.05, 4.69) is 45.0 Å². The maximum atomic E-state index is 11.1. The predicted molar refractivity (Wildman–Crippen MR) is 120 cm³/mol. The van der Waals surface area contributed by atoms with Gasteiger partial charge in [0.2, 0.25) is 0 Å². The summed E-state index contributed by atoms with van der Waals surface area (Å²) in [6.07, 6.45) is 1.20. The summed E-state index contributed by atoms with van der Waals surface area (Å²) in [5.41, 5.74) is 6.11. The molecule has 0 radical (unpaired) electrons. The first kappa shape index (κ1) is 21.6. The number of hydrogen-bond acceptors (Lipinski definition) is 4. The minimum atomic E-state index is -0.969. The molecule has 0 atom stereocenters. The molecule has 0 spiro atoms. The Bertz CT molecular complexity index is 1110. The molecule has 0 aliphatic carbocycles. The van der Waals surface area contributed by atoms with E-state index in [0.29, 0.717) is 35.3 Å². The van der Waals surface area contributed by atoms with Crippen LogP contribution in [-0.4, -0.2) is 22.8 Å². The third-order valence-electron chi connectivity index (χ3n) is 5.24. The number of aromatic nitrogens is 1. The molecule has 5 nitrogen and oxygen atoms in total. The van der Waals surface area contributed by atoms with Crippen molar-refractivity contribution in [3.05, 3.63) is 53.1 Å². The number of carbonyl (C=O) groups is 1. The molecule has 0 aliphatic rings. The topological polar surface area (TPSA) is 72.6 Å². The fourth-order valence-corrected chi connectivity index (χ4v) is 3.56. The van der Waals surface area contributed by atoms with Gasteiger partial charge in [-0.05, 0) is 66.1 Å². The Morgan fingerprint density at radius 1 is 1.17 bits per heavy atom. The second-order valence-electron chi connectivity index (χ2n) is 8.14. The van der Waals surface area contributed by atoms with E-state index < -0.39 is 5.97 Å². The molecule has 1 N–H and O–H groups in total. The normalized spacial score (nSPS) is 12.2. The molecular weight excluding hydrogens is 378 g/mol. The van der Waals surface area contributed by atoms with E-state index in [-0.39, 0.29) is 0 Å². The fraction of sp³-hybridized carbons (Fsp3) is 0.360. The lowest BCUT2D eigenvalue weighted by atomic mass is 9.90. The molecule has 158 valence electrons. The van der Waals surface area contributed by atoms with Crippen molar-refractivity contribution in [2.45, 2.75) is 53.4 Å². The van der Waals surface area contributed by atoms with Crippen LogP contribution in [0.15, 0.2) is 40.9 Å². The van der Waals surface area contributed by atoms with E-state index in [9.17, 15) is 4.79 Å². The van der Waals surface area contributed by atoms with E-state index in [4.69, 9.17) is 14.4 Å². The van der Waals surface area contributed by atoms with Gasteiger partial charge in [-0.3, -0.25) is 0 Å². The molecule has 0 saturated carbocycles. The molecule has 0 fully saturated rings. The Hall–Kier alpha value is -3.08. The molecule has 3 rings (SSSR count). The van der Waals surface area contributed by atoms with Gasteiger partial charge in [-0.2, -0.15) is 0 Å². The number of carboxylic acids is 1. The maximum Gasteiger partial charge on any atom is 0.328 e. The summed E-state index contributed by atoms with van der Waals surface area (Å²) in [5, 5.41) is 14.3. The van der Waals surface area contributed by atoms with Gasteiger partial charge in [-0.1, -0.05) is 45.0 Å². The highest BCUT2D eigenvalue weighted by Gasteiger charge is 2.22. The molecule has 5 heteroatoms.